The lowest BCUT2D eigenvalue weighted by Gasteiger charge is -2.18. The van der Waals surface area contributed by atoms with Crippen LogP contribution in [0.2, 0.25) is 0 Å². The number of hydrogen-bond donors (Lipinski definition) is 2. The molecule has 14 nitrogen and oxygen atoms in total. The first-order valence-corrected chi connectivity index (χ1v) is 10.8. The normalized spacial score (nSPS) is 35.3. The first-order chi connectivity index (χ1) is 16.5. The van der Waals surface area contributed by atoms with E-state index in [0.717, 1.165) is 0 Å². The number of esters is 5. The Labute approximate surface area is 195 Å². The van der Waals surface area contributed by atoms with E-state index in [2.05, 4.69) is 9.47 Å². The molecule has 8 atom stereocenters. The van der Waals surface area contributed by atoms with Crippen LogP contribution < -0.4 is 0 Å². The fourth-order valence-corrected chi connectivity index (χ4v) is 5.54. The molecule has 2 aliphatic carbocycles. The van der Waals surface area contributed by atoms with Gasteiger partial charge in [0, 0.05) is 5.92 Å². The molecule has 4 rings (SSSR count). The van der Waals surface area contributed by atoms with Crippen LogP contribution in [0.1, 0.15) is 12.8 Å². The van der Waals surface area contributed by atoms with Crippen molar-refractivity contribution >= 4 is 47.6 Å². The van der Waals surface area contributed by atoms with E-state index in [-0.39, 0.29) is 26.1 Å². The van der Waals surface area contributed by atoms with E-state index in [0.29, 0.717) is 0 Å². The molecule has 0 spiro atoms. The number of rotatable bonds is 9. The number of cyclic esters (lactones) is 4. The Morgan fingerprint density at radius 3 is 1.74 bits per heavy atom. The molecule has 2 saturated carbocycles. The Morgan fingerprint density at radius 2 is 1.23 bits per heavy atom. The van der Waals surface area contributed by atoms with E-state index < -0.39 is 102 Å². The van der Waals surface area contributed by atoms with E-state index in [1.54, 1.807) is 0 Å². The van der Waals surface area contributed by atoms with Crippen LogP contribution in [0.3, 0.4) is 0 Å². The van der Waals surface area contributed by atoms with Crippen LogP contribution in [0.4, 0.5) is 0 Å². The third kappa shape index (κ3) is 4.17. The molecule has 0 radical (unpaired) electrons. The minimum Gasteiger partial charge on any atom is -0.481 e. The van der Waals surface area contributed by atoms with Gasteiger partial charge in [-0.25, -0.2) is 0 Å². The summed E-state index contributed by atoms with van der Waals surface area (Å²) in [6.45, 7) is -1.25. The summed E-state index contributed by atoms with van der Waals surface area (Å²) in [7, 11) is 0. The number of carbonyl (C=O) groups is 8. The second-order valence-electron chi connectivity index (χ2n) is 8.84. The Morgan fingerprint density at radius 1 is 0.743 bits per heavy atom. The summed E-state index contributed by atoms with van der Waals surface area (Å²) in [4.78, 5) is 95.2. The van der Waals surface area contributed by atoms with Crippen LogP contribution in [0.5, 0.6) is 0 Å². The van der Waals surface area contributed by atoms with Gasteiger partial charge in [0.1, 0.15) is 13.2 Å². The monoisotopic (exact) mass is 496 g/mol. The smallest absolute Gasteiger partial charge is 0.318 e. The summed E-state index contributed by atoms with van der Waals surface area (Å²) in [6.07, 6.45) is -0.378. The molecular weight excluding hydrogens is 476 g/mol. The molecule has 4 fully saturated rings. The quantitative estimate of drug-likeness (QED) is 0.156. The van der Waals surface area contributed by atoms with Crippen molar-refractivity contribution in [1.29, 1.82) is 0 Å². The fraction of sp³-hybridized carbons (Fsp3) is 0.619. The van der Waals surface area contributed by atoms with Crippen molar-refractivity contribution in [3.63, 3.8) is 0 Å². The molecular formula is C21H20O14. The highest BCUT2D eigenvalue weighted by molar-refractivity contribution is 6.02. The molecule has 4 aliphatic rings. The maximum atomic E-state index is 12.5. The number of fused-ring (bicyclic) bond motifs is 2. The van der Waals surface area contributed by atoms with Gasteiger partial charge in [0.25, 0.3) is 0 Å². The topological polar surface area (TPSA) is 214 Å². The second kappa shape index (κ2) is 9.17. The van der Waals surface area contributed by atoms with Crippen LogP contribution >= 0.6 is 0 Å². The van der Waals surface area contributed by atoms with Gasteiger partial charge in [-0.2, -0.15) is 0 Å². The number of ether oxygens (including phenoxy) is 4. The van der Waals surface area contributed by atoms with Gasteiger partial charge in [-0.15, -0.1) is 0 Å². The maximum Gasteiger partial charge on any atom is 0.318 e. The second-order valence-corrected chi connectivity index (χ2v) is 8.84. The van der Waals surface area contributed by atoms with Crippen LogP contribution in [-0.2, 0) is 57.3 Å². The fourth-order valence-electron chi connectivity index (χ4n) is 5.54. The van der Waals surface area contributed by atoms with Gasteiger partial charge in [-0.1, -0.05) is 0 Å². The van der Waals surface area contributed by atoms with Crippen LogP contribution in [0, 0.1) is 47.3 Å². The Balaban J connectivity index is 1.26. The average molecular weight is 496 g/mol. The van der Waals surface area contributed by atoms with Crippen molar-refractivity contribution in [1.82, 2.24) is 0 Å². The first kappa shape index (κ1) is 24.4. The van der Waals surface area contributed by atoms with E-state index >= 15 is 0 Å². The number of aliphatic carboxylic acids is 2. The molecule has 0 bridgehead atoms. The highest BCUT2D eigenvalue weighted by Crippen LogP contribution is 2.48. The third-order valence-corrected chi connectivity index (χ3v) is 7.08. The predicted octanol–water partition coefficient (Wildman–Crippen LogP) is -1.81. The number of Topliss-reactive ketones (excluding diaryl/α,β-unsaturated/α-hetero) is 1. The minimum atomic E-state index is -1.47. The van der Waals surface area contributed by atoms with Crippen LogP contribution in [0.25, 0.3) is 0 Å². The van der Waals surface area contributed by atoms with E-state index in [1.165, 1.54) is 0 Å². The van der Waals surface area contributed by atoms with E-state index in [1.807, 2.05) is 0 Å². The summed E-state index contributed by atoms with van der Waals surface area (Å²) in [5.74, 6) is -17.9. The summed E-state index contributed by atoms with van der Waals surface area (Å²) in [5, 5.41) is 18.9. The summed E-state index contributed by atoms with van der Waals surface area (Å²) < 4.78 is 19.0. The zero-order chi connectivity index (χ0) is 25.6. The molecule has 0 aromatic rings. The van der Waals surface area contributed by atoms with Gasteiger partial charge in [-0.05, 0) is 12.8 Å². The van der Waals surface area contributed by atoms with Gasteiger partial charge >= 0.3 is 41.8 Å². The largest absolute Gasteiger partial charge is 0.481 e. The lowest BCUT2D eigenvalue weighted by molar-refractivity contribution is -0.163. The molecule has 8 unspecified atom stereocenters. The van der Waals surface area contributed by atoms with Gasteiger partial charge in [0.2, 0.25) is 0 Å². The molecule has 0 aromatic heterocycles. The van der Waals surface area contributed by atoms with Gasteiger partial charge in [-0.3, -0.25) is 38.4 Å². The summed E-state index contributed by atoms with van der Waals surface area (Å²) in [5.41, 5.74) is 0. The SMILES string of the molecule is O=C(COCCOC(=O)C1CC2C(=O)OC(=O)C2C1C(=O)O)C1CC2C(=O)OC(=O)C2C1C(=O)O. The third-order valence-electron chi connectivity index (χ3n) is 7.08. The number of carboxylic acid groups (broad SMARTS) is 2. The molecule has 2 N–H and O–H groups in total. The van der Waals surface area contributed by atoms with Crippen molar-refractivity contribution < 1.29 is 67.5 Å². The highest BCUT2D eigenvalue weighted by Gasteiger charge is 2.62. The Bertz CT molecular complexity index is 949. The standard InChI is InChI=1S/C21H20O14/c22-10(6-3-8-13(11(6)15(23)24)20(30)34-18(8)28)5-32-1-2-33-17(27)7-4-9-14(12(7)16(25)26)21(31)35-19(9)29/h6-9,11-14H,1-5H2,(H,23,24)(H,25,26). The molecule has 0 aromatic carbocycles. The van der Waals surface area contributed by atoms with Crippen molar-refractivity contribution in [3.8, 4) is 0 Å². The molecule has 35 heavy (non-hydrogen) atoms. The first-order valence-electron chi connectivity index (χ1n) is 10.8. The number of carboxylic acids is 2. The lowest BCUT2D eigenvalue weighted by Crippen LogP contribution is -2.34. The molecule has 2 aliphatic heterocycles. The zero-order valence-corrected chi connectivity index (χ0v) is 17.9. The van der Waals surface area contributed by atoms with Gasteiger partial charge < -0.3 is 29.2 Å². The number of carbonyl (C=O) groups excluding carboxylic acids is 6. The predicted molar refractivity (Wildman–Crippen MR) is 101 cm³/mol. The highest BCUT2D eigenvalue weighted by atomic mass is 16.6. The van der Waals surface area contributed by atoms with Gasteiger partial charge in [0.15, 0.2) is 5.78 Å². The van der Waals surface area contributed by atoms with Gasteiger partial charge in [0.05, 0.1) is 48.0 Å². The summed E-state index contributed by atoms with van der Waals surface area (Å²) in [6, 6.07) is 0. The lowest BCUT2D eigenvalue weighted by atomic mass is 9.86. The number of hydrogen-bond acceptors (Lipinski definition) is 12. The Hall–Kier alpha value is -3.68. The molecule has 14 heteroatoms. The van der Waals surface area contributed by atoms with Crippen LogP contribution in [-0.4, -0.2) is 77.6 Å². The minimum absolute atomic E-state index is 0.162. The molecule has 188 valence electrons. The molecule has 2 heterocycles. The van der Waals surface area contributed by atoms with Crippen molar-refractivity contribution in [2.24, 2.45) is 47.3 Å². The molecule has 0 amide bonds. The number of ketones is 1. The van der Waals surface area contributed by atoms with Crippen molar-refractivity contribution in [2.75, 3.05) is 19.8 Å². The van der Waals surface area contributed by atoms with E-state index in [9.17, 15) is 48.6 Å². The molecule has 2 saturated heterocycles. The zero-order valence-electron chi connectivity index (χ0n) is 17.9. The maximum absolute atomic E-state index is 12.5. The Kier molecular flexibility index (Phi) is 6.40. The summed E-state index contributed by atoms with van der Waals surface area (Å²) >= 11 is 0. The van der Waals surface area contributed by atoms with Crippen LogP contribution in [0.15, 0.2) is 0 Å². The van der Waals surface area contributed by atoms with Crippen molar-refractivity contribution in [2.45, 2.75) is 12.8 Å². The van der Waals surface area contributed by atoms with Crippen molar-refractivity contribution in [3.05, 3.63) is 0 Å². The average Bonchev–Trinajstić information content (AvgIpc) is 3.50. The van der Waals surface area contributed by atoms with E-state index in [4.69, 9.17) is 9.47 Å².